The number of allylic oxidation sites excluding steroid dienone is 1. The number of carboxylic acids is 1. The number of carbonyl (C=O) groups is 2. The van der Waals surface area contributed by atoms with E-state index in [0.717, 1.165) is 0 Å². The maximum Gasteiger partial charge on any atom is 0.336 e. The van der Waals surface area contributed by atoms with Crippen molar-refractivity contribution in [3.05, 3.63) is 12.2 Å². The first kappa shape index (κ1) is 11.9. The molecule has 0 aromatic heterocycles. The fourth-order valence-electron chi connectivity index (χ4n) is 1.22. The SMILES string of the molecule is [2H]C(=O)C/C=C/[C@H](CO)[C@@](O)(CC)C(=O)O. The van der Waals surface area contributed by atoms with Gasteiger partial charge in [-0.25, -0.2) is 4.79 Å². The second kappa shape index (κ2) is 6.31. The van der Waals surface area contributed by atoms with E-state index in [2.05, 4.69) is 0 Å². The topological polar surface area (TPSA) is 94.8 Å². The lowest BCUT2D eigenvalue weighted by Crippen LogP contribution is -2.46. The van der Waals surface area contributed by atoms with Crippen LogP contribution >= 0.6 is 0 Å². The predicted molar refractivity (Wildman–Crippen MR) is 53.3 cm³/mol. The number of carbonyl (C=O) groups excluding carboxylic acids is 1. The van der Waals surface area contributed by atoms with E-state index in [9.17, 15) is 14.7 Å². The number of rotatable bonds is 7. The van der Waals surface area contributed by atoms with Crippen molar-refractivity contribution in [2.75, 3.05) is 6.61 Å². The molecular formula is C10H16O5. The molecule has 0 fully saturated rings. The van der Waals surface area contributed by atoms with E-state index in [-0.39, 0.29) is 12.8 Å². The second-order valence-electron chi connectivity index (χ2n) is 3.15. The van der Waals surface area contributed by atoms with Gasteiger partial charge in [0.1, 0.15) is 7.63 Å². The molecule has 0 aliphatic carbocycles. The summed E-state index contributed by atoms with van der Waals surface area (Å²) < 4.78 is 6.63. The molecule has 15 heavy (non-hydrogen) atoms. The van der Waals surface area contributed by atoms with Gasteiger partial charge in [0.25, 0.3) is 0 Å². The Morgan fingerprint density at radius 3 is 2.60 bits per heavy atom. The summed E-state index contributed by atoms with van der Waals surface area (Å²) in [6.45, 7) is 0.944. The Kier molecular flexibility index (Phi) is 5.00. The van der Waals surface area contributed by atoms with Gasteiger partial charge < -0.3 is 20.1 Å². The fraction of sp³-hybridized carbons (Fsp3) is 0.600. The van der Waals surface area contributed by atoms with E-state index in [4.69, 9.17) is 11.6 Å². The minimum atomic E-state index is -2.05. The highest BCUT2D eigenvalue weighted by molar-refractivity contribution is 5.77. The summed E-state index contributed by atoms with van der Waals surface area (Å²) >= 11 is 0. The largest absolute Gasteiger partial charge is 0.479 e. The van der Waals surface area contributed by atoms with E-state index < -0.39 is 30.4 Å². The maximum atomic E-state index is 10.9. The van der Waals surface area contributed by atoms with Crippen LogP contribution in [0.4, 0.5) is 0 Å². The second-order valence-corrected chi connectivity index (χ2v) is 3.15. The number of aliphatic hydroxyl groups excluding tert-OH is 1. The molecular weight excluding hydrogens is 200 g/mol. The third-order valence-electron chi connectivity index (χ3n) is 2.29. The van der Waals surface area contributed by atoms with Crippen molar-refractivity contribution in [3.8, 4) is 0 Å². The van der Waals surface area contributed by atoms with Crippen LogP contribution in [-0.4, -0.2) is 39.8 Å². The monoisotopic (exact) mass is 217 g/mol. The Morgan fingerprint density at radius 1 is 1.67 bits per heavy atom. The van der Waals surface area contributed by atoms with E-state index in [1.54, 1.807) is 0 Å². The number of carboxylic acid groups (broad SMARTS) is 1. The van der Waals surface area contributed by atoms with E-state index in [0.29, 0.717) is 0 Å². The highest BCUT2D eigenvalue weighted by Gasteiger charge is 2.40. The summed E-state index contributed by atoms with van der Waals surface area (Å²) in [6, 6.07) is 0. The lowest BCUT2D eigenvalue weighted by Gasteiger charge is -2.27. The number of hydrogen-bond acceptors (Lipinski definition) is 4. The third kappa shape index (κ3) is 3.45. The first-order valence-corrected chi connectivity index (χ1v) is 4.61. The predicted octanol–water partition coefficient (Wildman–Crippen LogP) is -0.0342. The van der Waals surface area contributed by atoms with Gasteiger partial charge in [-0.05, 0) is 6.42 Å². The zero-order chi connectivity index (χ0) is 12.8. The molecule has 3 N–H and O–H groups in total. The lowest BCUT2D eigenvalue weighted by atomic mass is 9.85. The number of aliphatic hydroxyl groups is 2. The summed E-state index contributed by atoms with van der Waals surface area (Å²) in [5.41, 5.74) is -2.05. The van der Waals surface area contributed by atoms with Crippen LogP contribution in [0.15, 0.2) is 12.2 Å². The maximum absolute atomic E-state index is 10.9. The first-order chi connectivity index (χ1) is 7.38. The fourth-order valence-corrected chi connectivity index (χ4v) is 1.22. The van der Waals surface area contributed by atoms with Crippen LogP contribution < -0.4 is 0 Å². The molecule has 0 bridgehead atoms. The Hall–Kier alpha value is -1.20. The van der Waals surface area contributed by atoms with Gasteiger partial charge in [0.2, 0.25) is 0 Å². The standard InChI is InChI=1S/C10H16O5/c1-2-10(15,9(13)14)8(7-12)5-3-4-6-11/h3,5-6,8,12,15H,2,4,7H2,1H3,(H,13,14)/b5-3+/t8-,10+/m1/s1/i6D. The average Bonchev–Trinajstić information content (AvgIpc) is 2.22. The molecule has 5 heteroatoms. The van der Waals surface area contributed by atoms with Crippen molar-refractivity contribution in [3.63, 3.8) is 0 Å². The van der Waals surface area contributed by atoms with Gasteiger partial charge in [-0.1, -0.05) is 19.1 Å². The van der Waals surface area contributed by atoms with E-state index >= 15 is 0 Å². The molecule has 86 valence electrons. The lowest BCUT2D eigenvalue weighted by molar-refractivity contribution is -0.164. The minimum Gasteiger partial charge on any atom is -0.479 e. The average molecular weight is 217 g/mol. The zero-order valence-electron chi connectivity index (χ0n) is 9.51. The van der Waals surface area contributed by atoms with Crippen LogP contribution in [0.3, 0.4) is 0 Å². The van der Waals surface area contributed by atoms with Crippen molar-refractivity contribution >= 4 is 12.2 Å². The van der Waals surface area contributed by atoms with Crippen molar-refractivity contribution in [2.24, 2.45) is 5.92 Å². The number of aldehydes is 1. The molecule has 0 heterocycles. The van der Waals surface area contributed by atoms with E-state index in [1.165, 1.54) is 19.1 Å². The number of hydrogen-bond donors (Lipinski definition) is 3. The van der Waals surface area contributed by atoms with Crippen LogP contribution in [0.1, 0.15) is 21.1 Å². The Morgan fingerprint density at radius 2 is 2.27 bits per heavy atom. The summed E-state index contributed by atoms with van der Waals surface area (Å²) in [6.07, 6.45) is 1.48. The van der Waals surface area contributed by atoms with Crippen molar-refractivity contribution < 1.29 is 26.3 Å². The Labute approximate surface area is 89.4 Å². The minimum absolute atomic E-state index is 0.0628. The zero-order valence-corrected chi connectivity index (χ0v) is 8.51. The molecule has 0 saturated heterocycles. The van der Waals surface area contributed by atoms with Crippen molar-refractivity contribution in [2.45, 2.75) is 25.4 Å². The summed E-state index contributed by atoms with van der Waals surface area (Å²) in [7, 11) is 0. The molecule has 2 atom stereocenters. The molecule has 0 amide bonds. The summed E-state index contributed by atoms with van der Waals surface area (Å²) in [5, 5.41) is 27.6. The van der Waals surface area contributed by atoms with Gasteiger partial charge in [-0.15, -0.1) is 0 Å². The van der Waals surface area contributed by atoms with Gasteiger partial charge >= 0.3 is 5.97 Å². The molecule has 5 nitrogen and oxygen atoms in total. The van der Waals surface area contributed by atoms with Gasteiger partial charge in [0.15, 0.2) is 5.60 Å². The normalized spacial score (nSPS) is 18.2. The molecule has 0 unspecified atom stereocenters. The molecule has 0 rings (SSSR count). The molecule has 0 aromatic rings. The molecule has 0 aromatic carbocycles. The highest BCUT2D eigenvalue weighted by Crippen LogP contribution is 2.23. The summed E-state index contributed by atoms with van der Waals surface area (Å²) in [4.78, 5) is 21.2. The highest BCUT2D eigenvalue weighted by atomic mass is 16.4. The molecule has 0 aliphatic heterocycles. The van der Waals surface area contributed by atoms with Crippen LogP contribution in [0, 0.1) is 5.92 Å². The molecule has 0 aliphatic rings. The van der Waals surface area contributed by atoms with Crippen LogP contribution in [-0.2, 0) is 9.59 Å². The summed E-state index contributed by atoms with van der Waals surface area (Å²) in [5.74, 6) is -2.41. The van der Waals surface area contributed by atoms with Crippen molar-refractivity contribution in [1.29, 1.82) is 0 Å². The third-order valence-corrected chi connectivity index (χ3v) is 2.29. The molecule has 0 spiro atoms. The van der Waals surface area contributed by atoms with Gasteiger partial charge in [0, 0.05) is 12.3 Å². The molecule has 0 saturated carbocycles. The number of aliphatic carboxylic acids is 1. The van der Waals surface area contributed by atoms with Crippen LogP contribution in [0.5, 0.6) is 0 Å². The quantitative estimate of drug-likeness (QED) is 0.411. The Bertz CT molecular complexity index is 289. The Balaban J connectivity index is 4.76. The van der Waals surface area contributed by atoms with Gasteiger partial charge in [-0.2, -0.15) is 0 Å². The smallest absolute Gasteiger partial charge is 0.336 e. The van der Waals surface area contributed by atoms with Crippen LogP contribution in [0.25, 0.3) is 0 Å². The van der Waals surface area contributed by atoms with Crippen molar-refractivity contribution in [1.82, 2.24) is 0 Å². The first-order valence-electron chi connectivity index (χ1n) is 5.11. The van der Waals surface area contributed by atoms with Crippen LogP contribution in [0.2, 0.25) is 0 Å². The molecule has 0 radical (unpaired) electrons. The van der Waals surface area contributed by atoms with Gasteiger partial charge in [-0.3, -0.25) is 0 Å². The van der Waals surface area contributed by atoms with E-state index in [1.807, 2.05) is 0 Å². The van der Waals surface area contributed by atoms with Gasteiger partial charge in [0.05, 0.1) is 6.61 Å².